The van der Waals surface area contributed by atoms with Gasteiger partial charge in [0, 0.05) is 35.5 Å². The molecule has 188 valence electrons. The first-order valence-corrected chi connectivity index (χ1v) is 12.4. The summed E-state index contributed by atoms with van der Waals surface area (Å²) in [6.07, 6.45) is 0. The lowest BCUT2D eigenvalue weighted by molar-refractivity contribution is -0.166. The second kappa shape index (κ2) is 8.69. The molecule has 0 radical (unpaired) electrons. The molecule has 2 aliphatic rings. The molecule has 3 heterocycles. The molecule has 4 aromatic rings. The summed E-state index contributed by atoms with van der Waals surface area (Å²) in [6.45, 7) is 2.62. The number of nitrogens with zero attached hydrogens (tertiary/aromatic N) is 2. The van der Waals surface area contributed by atoms with Gasteiger partial charge in [0.1, 0.15) is 18.0 Å². The van der Waals surface area contributed by atoms with E-state index < -0.39 is 5.54 Å². The monoisotopic (exact) mass is 495 g/mol. The van der Waals surface area contributed by atoms with Crippen molar-refractivity contribution in [2.45, 2.75) is 24.9 Å². The van der Waals surface area contributed by atoms with Gasteiger partial charge in [-0.15, -0.1) is 0 Å². The van der Waals surface area contributed by atoms with Gasteiger partial charge in [0.2, 0.25) is 5.91 Å². The van der Waals surface area contributed by atoms with Crippen molar-refractivity contribution in [3.63, 3.8) is 0 Å². The van der Waals surface area contributed by atoms with Gasteiger partial charge >= 0.3 is 0 Å². The van der Waals surface area contributed by atoms with E-state index in [2.05, 4.69) is 11.1 Å². The van der Waals surface area contributed by atoms with E-state index in [0.29, 0.717) is 13.1 Å². The zero-order valence-corrected chi connectivity index (χ0v) is 21.2. The normalized spacial score (nSPS) is 21.1. The molecule has 3 aromatic carbocycles. The van der Waals surface area contributed by atoms with Crippen molar-refractivity contribution < 1.29 is 19.1 Å². The number of ether oxygens (including phenoxy) is 2. The van der Waals surface area contributed by atoms with Crippen LogP contribution in [-0.4, -0.2) is 53.9 Å². The Bertz CT molecular complexity index is 1530. The Balaban J connectivity index is 1.50. The zero-order chi connectivity index (χ0) is 25.7. The fraction of sp³-hybridized carbons (Fsp3) is 0.267. The number of para-hydroxylation sites is 2. The van der Waals surface area contributed by atoms with Crippen molar-refractivity contribution in [1.82, 2.24) is 14.8 Å². The molecule has 6 rings (SSSR count). The lowest BCUT2D eigenvalue weighted by Gasteiger charge is -2.51. The predicted octanol–water partition coefficient (Wildman–Crippen LogP) is 4.42. The minimum absolute atomic E-state index is 0.0276. The van der Waals surface area contributed by atoms with Crippen LogP contribution in [0.5, 0.6) is 11.5 Å². The number of nitrogens with one attached hydrogen (secondary N) is 1. The molecule has 0 aliphatic carbocycles. The zero-order valence-electron chi connectivity index (χ0n) is 21.2. The molecule has 2 amide bonds. The molecular weight excluding hydrogens is 466 g/mol. The summed E-state index contributed by atoms with van der Waals surface area (Å²) in [7, 11) is 3.28. The number of rotatable bonds is 5. The fourth-order valence-corrected chi connectivity index (χ4v) is 6.03. The maximum absolute atomic E-state index is 14.2. The minimum atomic E-state index is -1.15. The summed E-state index contributed by atoms with van der Waals surface area (Å²) < 4.78 is 11.1. The molecule has 1 fully saturated rings. The number of methoxy groups -OCH3 is 2. The van der Waals surface area contributed by atoms with Crippen LogP contribution in [0.3, 0.4) is 0 Å². The van der Waals surface area contributed by atoms with Crippen LogP contribution >= 0.6 is 0 Å². The van der Waals surface area contributed by atoms with Gasteiger partial charge in [0.05, 0.1) is 19.9 Å². The van der Waals surface area contributed by atoms with Crippen LogP contribution in [0.2, 0.25) is 0 Å². The molecule has 0 unspecified atom stereocenters. The van der Waals surface area contributed by atoms with Gasteiger partial charge in [-0.2, -0.15) is 0 Å². The number of hydrogen-bond donors (Lipinski definition) is 1. The first-order chi connectivity index (χ1) is 18.0. The Kier molecular flexibility index (Phi) is 5.44. The van der Waals surface area contributed by atoms with Gasteiger partial charge in [-0.1, -0.05) is 48.5 Å². The van der Waals surface area contributed by atoms with Gasteiger partial charge in [-0.05, 0) is 42.3 Å². The lowest BCUT2D eigenvalue weighted by Crippen LogP contribution is -2.67. The highest BCUT2D eigenvalue weighted by molar-refractivity contribution is 6.01. The number of amides is 2. The first kappa shape index (κ1) is 23.2. The summed E-state index contributed by atoms with van der Waals surface area (Å²) >= 11 is 0. The molecule has 2 atom stereocenters. The number of piperazine rings is 1. The highest BCUT2D eigenvalue weighted by atomic mass is 16.5. The Morgan fingerprint density at radius 2 is 1.76 bits per heavy atom. The summed E-state index contributed by atoms with van der Waals surface area (Å²) in [5, 5.41) is 1.06. The molecule has 37 heavy (non-hydrogen) atoms. The quantitative estimate of drug-likeness (QED) is 0.445. The topological polar surface area (TPSA) is 74.9 Å². The third kappa shape index (κ3) is 3.49. The number of aromatic nitrogens is 1. The van der Waals surface area contributed by atoms with Crippen LogP contribution in [-0.2, 0) is 21.7 Å². The van der Waals surface area contributed by atoms with E-state index in [0.717, 1.165) is 44.8 Å². The van der Waals surface area contributed by atoms with Gasteiger partial charge < -0.3 is 24.3 Å². The summed E-state index contributed by atoms with van der Waals surface area (Å²) in [5.41, 5.74) is 3.52. The van der Waals surface area contributed by atoms with E-state index in [-0.39, 0.29) is 24.3 Å². The van der Waals surface area contributed by atoms with Crippen molar-refractivity contribution in [1.29, 1.82) is 0 Å². The smallest absolute Gasteiger partial charge is 0.255 e. The molecule has 7 nitrogen and oxygen atoms in total. The van der Waals surface area contributed by atoms with Crippen molar-refractivity contribution in [2.75, 3.05) is 27.3 Å². The van der Waals surface area contributed by atoms with Gasteiger partial charge in [-0.3, -0.25) is 9.59 Å². The van der Waals surface area contributed by atoms with Crippen LogP contribution in [0, 0.1) is 0 Å². The van der Waals surface area contributed by atoms with Crippen LogP contribution in [0.1, 0.15) is 35.2 Å². The van der Waals surface area contributed by atoms with Crippen molar-refractivity contribution in [3.05, 3.63) is 95.2 Å². The average Bonchev–Trinajstić information content (AvgIpc) is 3.33. The summed E-state index contributed by atoms with van der Waals surface area (Å²) in [5.74, 6) is 1.17. The number of carbonyl (C=O) groups excluding carboxylic acids is 2. The van der Waals surface area contributed by atoms with Gasteiger partial charge in [-0.25, -0.2) is 0 Å². The molecule has 7 heteroatoms. The molecule has 1 saturated heterocycles. The largest absolute Gasteiger partial charge is 0.497 e. The summed E-state index contributed by atoms with van der Waals surface area (Å²) in [4.78, 5) is 34.9. The van der Waals surface area contributed by atoms with Gasteiger partial charge in [0.25, 0.3) is 5.91 Å². The fourth-order valence-electron chi connectivity index (χ4n) is 6.03. The Hall–Kier alpha value is -4.26. The number of hydrogen-bond acceptors (Lipinski definition) is 4. The first-order valence-electron chi connectivity index (χ1n) is 12.4. The van der Waals surface area contributed by atoms with E-state index in [4.69, 9.17) is 9.47 Å². The lowest BCUT2D eigenvalue weighted by atomic mass is 9.76. The predicted molar refractivity (Wildman–Crippen MR) is 141 cm³/mol. The summed E-state index contributed by atoms with van der Waals surface area (Å²) in [6, 6.07) is 23.6. The third-order valence-electron chi connectivity index (χ3n) is 7.84. The molecule has 1 N–H and O–H groups in total. The minimum Gasteiger partial charge on any atom is -0.497 e. The molecular formula is C30H29N3O4. The molecule has 2 aliphatic heterocycles. The van der Waals surface area contributed by atoms with Crippen molar-refractivity contribution in [3.8, 4) is 11.5 Å². The maximum Gasteiger partial charge on any atom is 0.255 e. The molecule has 0 bridgehead atoms. The van der Waals surface area contributed by atoms with E-state index >= 15 is 0 Å². The maximum atomic E-state index is 14.2. The van der Waals surface area contributed by atoms with Crippen molar-refractivity contribution in [2.24, 2.45) is 0 Å². The van der Waals surface area contributed by atoms with Crippen LogP contribution in [0.25, 0.3) is 10.9 Å². The second-order valence-corrected chi connectivity index (χ2v) is 9.84. The van der Waals surface area contributed by atoms with E-state index in [1.54, 1.807) is 24.0 Å². The standard InChI is InChI=1S/C30H29N3O4/c1-30-28-27(22-12-4-6-13-24(22)31-28)23(21-11-5-7-14-25(21)37-3)17-33(30)26(34)18-32(29(30)35)16-19-9-8-10-20(15-19)36-2/h4-15,23,31H,16-18H2,1-3H3/t23-,30+/m1/s1. The SMILES string of the molecule is COc1cccc(CN2CC(=O)N3C[C@H](c4ccccc4OC)c4c([nH]c5ccccc45)[C@@]3(C)C2=O)c1. The number of aromatic amines is 1. The highest BCUT2D eigenvalue weighted by Crippen LogP contribution is 2.49. The van der Waals surface area contributed by atoms with E-state index in [1.165, 1.54) is 0 Å². The van der Waals surface area contributed by atoms with E-state index in [1.807, 2.05) is 73.7 Å². The number of benzene rings is 3. The second-order valence-electron chi connectivity index (χ2n) is 9.84. The van der Waals surface area contributed by atoms with Gasteiger partial charge in [0.15, 0.2) is 5.54 Å². The molecule has 0 spiro atoms. The molecule has 1 aromatic heterocycles. The molecule has 0 saturated carbocycles. The Morgan fingerprint density at radius 3 is 2.57 bits per heavy atom. The third-order valence-corrected chi connectivity index (χ3v) is 7.84. The number of carbonyl (C=O) groups is 2. The van der Waals surface area contributed by atoms with Crippen molar-refractivity contribution >= 4 is 22.7 Å². The number of fused-ring (bicyclic) bond motifs is 5. The average molecular weight is 496 g/mol. The van der Waals surface area contributed by atoms with Crippen LogP contribution in [0.4, 0.5) is 0 Å². The van der Waals surface area contributed by atoms with Crippen LogP contribution < -0.4 is 9.47 Å². The Morgan fingerprint density at radius 1 is 0.973 bits per heavy atom. The Labute approximate surface area is 215 Å². The van der Waals surface area contributed by atoms with Crippen LogP contribution in [0.15, 0.2) is 72.8 Å². The highest BCUT2D eigenvalue weighted by Gasteiger charge is 2.56. The number of H-pyrrole nitrogens is 1. The van der Waals surface area contributed by atoms with E-state index in [9.17, 15) is 9.59 Å².